The molecule has 0 unspecified atom stereocenters. The third-order valence-corrected chi connectivity index (χ3v) is 3.00. The summed E-state index contributed by atoms with van der Waals surface area (Å²) in [6.07, 6.45) is 1.35. The van der Waals surface area contributed by atoms with E-state index in [9.17, 15) is 9.59 Å². The summed E-state index contributed by atoms with van der Waals surface area (Å²) in [5.41, 5.74) is 1.33. The van der Waals surface area contributed by atoms with Gasteiger partial charge in [-0.3, -0.25) is 0 Å². The van der Waals surface area contributed by atoms with E-state index in [1.165, 1.54) is 26.0 Å². The predicted molar refractivity (Wildman–Crippen MR) is 75.2 cm³/mol. The summed E-state index contributed by atoms with van der Waals surface area (Å²) in [6, 6.07) is 4.70. The minimum Gasteiger partial charge on any atom is -0.423 e. The fraction of sp³-hybridized carbons (Fsp3) is 0.286. The number of carbonyl (C=O) groups excluding carboxylic acids is 2. The molecule has 0 aliphatic carbocycles. The second-order valence-electron chi connectivity index (χ2n) is 5.23. The molecule has 0 radical (unpaired) electrons. The van der Waals surface area contributed by atoms with Crippen molar-refractivity contribution in [3.05, 3.63) is 34.9 Å². The van der Waals surface area contributed by atoms with Crippen LogP contribution in [-0.4, -0.2) is 34.9 Å². The van der Waals surface area contributed by atoms with E-state index in [4.69, 9.17) is 19.5 Å². The second kappa shape index (κ2) is 5.35. The standard InChI is InChI=1S/C14H15BO6/c1-8-6-9(4-5-11(8)15(18)19)7-10-12(16)20-14(2,3)21-13(10)17/h4-7,18-19H,1-3H3. The molecular weight excluding hydrogens is 275 g/mol. The van der Waals surface area contributed by atoms with Crippen LogP contribution in [0.5, 0.6) is 0 Å². The van der Waals surface area contributed by atoms with E-state index in [0.29, 0.717) is 16.6 Å². The predicted octanol–water partition coefficient (Wildman–Crippen LogP) is -0.106. The smallest absolute Gasteiger partial charge is 0.423 e. The average molecular weight is 290 g/mol. The van der Waals surface area contributed by atoms with Crippen molar-refractivity contribution in [2.45, 2.75) is 26.6 Å². The summed E-state index contributed by atoms with van der Waals surface area (Å²) < 4.78 is 9.98. The van der Waals surface area contributed by atoms with Crippen LogP contribution in [0.2, 0.25) is 0 Å². The number of ether oxygens (including phenoxy) is 2. The molecular formula is C14H15BO6. The Hall–Kier alpha value is -2.12. The van der Waals surface area contributed by atoms with E-state index in [1.807, 2.05) is 0 Å². The lowest BCUT2D eigenvalue weighted by Gasteiger charge is -2.29. The second-order valence-corrected chi connectivity index (χ2v) is 5.23. The number of aryl methyl sites for hydroxylation is 1. The molecule has 1 saturated heterocycles. The molecule has 1 aliphatic rings. The minimum absolute atomic E-state index is 0.203. The highest BCUT2D eigenvalue weighted by molar-refractivity contribution is 6.59. The van der Waals surface area contributed by atoms with Crippen LogP contribution in [0.4, 0.5) is 0 Å². The molecule has 0 atom stereocenters. The maximum absolute atomic E-state index is 11.8. The van der Waals surface area contributed by atoms with Crippen molar-refractivity contribution in [1.82, 2.24) is 0 Å². The molecule has 0 spiro atoms. The molecule has 110 valence electrons. The molecule has 21 heavy (non-hydrogen) atoms. The molecule has 0 bridgehead atoms. The lowest BCUT2D eigenvalue weighted by molar-refractivity contribution is -0.222. The van der Waals surface area contributed by atoms with Gasteiger partial charge in [-0.1, -0.05) is 23.8 Å². The van der Waals surface area contributed by atoms with Crippen molar-refractivity contribution in [1.29, 1.82) is 0 Å². The highest BCUT2D eigenvalue weighted by atomic mass is 16.7. The van der Waals surface area contributed by atoms with E-state index in [0.717, 1.165) is 0 Å². The normalized spacial score (nSPS) is 17.1. The summed E-state index contributed by atoms with van der Waals surface area (Å²) in [5.74, 6) is -2.77. The fourth-order valence-electron chi connectivity index (χ4n) is 2.02. The van der Waals surface area contributed by atoms with Crippen LogP contribution in [0.3, 0.4) is 0 Å². The zero-order valence-corrected chi connectivity index (χ0v) is 11.9. The molecule has 1 fully saturated rings. The third kappa shape index (κ3) is 3.32. The van der Waals surface area contributed by atoms with Crippen molar-refractivity contribution in [2.24, 2.45) is 0 Å². The van der Waals surface area contributed by atoms with Crippen molar-refractivity contribution < 1.29 is 29.1 Å². The van der Waals surface area contributed by atoms with E-state index >= 15 is 0 Å². The van der Waals surface area contributed by atoms with Crippen molar-refractivity contribution in [3.8, 4) is 0 Å². The van der Waals surface area contributed by atoms with Crippen LogP contribution < -0.4 is 5.46 Å². The van der Waals surface area contributed by atoms with Crippen LogP contribution in [0.1, 0.15) is 25.0 Å². The van der Waals surface area contributed by atoms with Gasteiger partial charge in [-0.2, -0.15) is 0 Å². The van der Waals surface area contributed by atoms with Crippen LogP contribution in [-0.2, 0) is 19.1 Å². The first-order valence-corrected chi connectivity index (χ1v) is 6.35. The Morgan fingerprint density at radius 1 is 1.14 bits per heavy atom. The fourth-order valence-corrected chi connectivity index (χ4v) is 2.02. The highest BCUT2D eigenvalue weighted by Crippen LogP contribution is 2.24. The van der Waals surface area contributed by atoms with Gasteiger partial charge in [-0.05, 0) is 24.0 Å². The summed E-state index contributed by atoms with van der Waals surface area (Å²) >= 11 is 0. The Morgan fingerprint density at radius 2 is 1.71 bits per heavy atom. The van der Waals surface area contributed by atoms with Gasteiger partial charge in [-0.25, -0.2) is 9.59 Å². The van der Waals surface area contributed by atoms with E-state index in [1.54, 1.807) is 19.1 Å². The van der Waals surface area contributed by atoms with Crippen molar-refractivity contribution in [2.75, 3.05) is 0 Å². The number of esters is 2. The molecule has 0 saturated carbocycles. The monoisotopic (exact) mass is 290 g/mol. The van der Waals surface area contributed by atoms with Gasteiger partial charge in [0.15, 0.2) is 0 Å². The Balaban J connectivity index is 2.34. The van der Waals surface area contributed by atoms with Gasteiger partial charge < -0.3 is 19.5 Å². The topological polar surface area (TPSA) is 93.1 Å². The summed E-state index contributed by atoms with van der Waals surface area (Å²) in [4.78, 5) is 23.6. The van der Waals surface area contributed by atoms with Crippen molar-refractivity contribution >= 4 is 30.6 Å². The molecule has 1 aromatic rings. The largest absolute Gasteiger partial charge is 0.488 e. The van der Waals surface area contributed by atoms with Crippen LogP contribution in [0, 0.1) is 6.92 Å². The average Bonchev–Trinajstić information content (AvgIpc) is 2.32. The van der Waals surface area contributed by atoms with Gasteiger partial charge in [0.05, 0.1) is 0 Å². The van der Waals surface area contributed by atoms with Crippen LogP contribution >= 0.6 is 0 Å². The highest BCUT2D eigenvalue weighted by Gasteiger charge is 2.38. The Labute approximate surface area is 122 Å². The van der Waals surface area contributed by atoms with Crippen LogP contribution in [0.25, 0.3) is 6.08 Å². The van der Waals surface area contributed by atoms with Gasteiger partial charge in [0.25, 0.3) is 5.79 Å². The lowest BCUT2D eigenvalue weighted by atomic mass is 9.77. The van der Waals surface area contributed by atoms with Gasteiger partial charge in [0.2, 0.25) is 0 Å². The molecule has 2 N–H and O–H groups in total. The first kappa shape index (κ1) is 15.3. The Kier molecular flexibility index (Phi) is 3.89. The first-order chi connectivity index (χ1) is 9.69. The molecule has 2 rings (SSSR count). The maximum Gasteiger partial charge on any atom is 0.488 e. The number of benzene rings is 1. The van der Waals surface area contributed by atoms with Gasteiger partial charge >= 0.3 is 19.1 Å². The van der Waals surface area contributed by atoms with Crippen LogP contribution in [0.15, 0.2) is 23.8 Å². The number of hydrogen-bond acceptors (Lipinski definition) is 6. The SMILES string of the molecule is Cc1cc(C=C2C(=O)OC(C)(C)OC2=O)ccc1B(O)O. The lowest BCUT2D eigenvalue weighted by Crippen LogP contribution is -2.41. The minimum atomic E-state index is -1.57. The first-order valence-electron chi connectivity index (χ1n) is 6.35. The zero-order valence-electron chi connectivity index (χ0n) is 11.9. The molecule has 7 heteroatoms. The van der Waals surface area contributed by atoms with Crippen molar-refractivity contribution in [3.63, 3.8) is 0 Å². The van der Waals surface area contributed by atoms with E-state index < -0.39 is 24.8 Å². The number of rotatable bonds is 2. The summed E-state index contributed by atoms with van der Waals surface area (Å²) in [7, 11) is -1.57. The molecule has 0 aromatic heterocycles. The van der Waals surface area contributed by atoms with E-state index in [-0.39, 0.29) is 5.57 Å². The van der Waals surface area contributed by atoms with Gasteiger partial charge in [0, 0.05) is 13.8 Å². The molecule has 6 nitrogen and oxygen atoms in total. The van der Waals surface area contributed by atoms with Gasteiger partial charge in [-0.15, -0.1) is 0 Å². The molecule has 0 amide bonds. The number of hydrogen-bond donors (Lipinski definition) is 2. The Morgan fingerprint density at radius 3 is 2.19 bits per heavy atom. The van der Waals surface area contributed by atoms with Gasteiger partial charge in [0.1, 0.15) is 5.57 Å². The number of cyclic esters (lactones) is 2. The molecule has 1 heterocycles. The number of carbonyl (C=O) groups is 2. The Bertz CT molecular complexity index is 610. The summed E-state index contributed by atoms with van der Waals surface area (Å²) in [5, 5.41) is 18.3. The maximum atomic E-state index is 11.8. The quantitative estimate of drug-likeness (QED) is 0.342. The zero-order chi connectivity index (χ0) is 15.8. The molecule has 1 aliphatic heterocycles. The molecule has 1 aromatic carbocycles. The van der Waals surface area contributed by atoms with E-state index in [2.05, 4.69) is 0 Å². The third-order valence-electron chi connectivity index (χ3n) is 3.00. The summed E-state index contributed by atoms with van der Waals surface area (Å²) in [6.45, 7) is 4.64.